The minimum absolute atomic E-state index is 0.168. The van der Waals surface area contributed by atoms with Crippen LogP contribution in [0.1, 0.15) is 30.9 Å². The van der Waals surface area contributed by atoms with E-state index in [-0.39, 0.29) is 6.42 Å². The molecule has 0 atom stereocenters. The molecule has 0 bridgehead atoms. The highest BCUT2D eigenvalue weighted by molar-refractivity contribution is 5.66. The molecule has 0 aliphatic rings. The summed E-state index contributed by atoms with van der Waals surface area (Å²) in [7, 11) is 3.27. The highest BCUT2D eigenvalue weighted by atomic mass is 16.5. The van der Waals surface area contributed by atoms with Crippen LogP contribution >= 0.6 is 0 Å². The maximum Gasteiger partial charge on any atom is 0.303 e. The van der Waals surface area contributed by atoms with E-state index in [4.69, 9.17) is 14.6 Å². The summed E-state index contributed by atoms with van der Waals surface area (Å²) in [4.78, 5) is 10.5. The first-order valence-electron chi connectivity index (χ1n) is 6.07. The lowest BCUT2D eigenvalue weighted by Crippen LogP contribution is -2.00. The number of carbonyl (C=O) groups is 1. The molecule has 1 rings (SSSR count). The van der Waals surface area contributed by atoms with Gasteiger partial charge in [0.15, 0.2) is 0 Å². The fourth-order valence-corrected chi connectivity index (χ4v) is 1.93. The molecule has 1 N–H and O–H groups in total. The topological polar surface area (TPSA) is 55.8 Å². The molecule has 0 amide bonds. The first kappa shape index (κ1) is 14.4. The molecule has 0 unspecified atom stereocenters. The van der Waals surface area contributed by atoms with E-state index >= 15 is 0 Å². The average molecular weight is 252 g/mol. The van der Waals surface area contributed by atoms with Gasteiger partial charge in [-0.1, -0.05) is 6.92 Å². The number of carboxylic acids is 1. The van der Waals surface area contributed by atoms with Crippen molar-refractivity contribution in [3.05, 3.63) is 23.3 Å². The molecule has 0 radical (unpaired) electrons. The largest absolute Gasteiger partial charge is 0.496 e. The van der Waals surface area contributed by atoms with Crippen LogP contribution in [-0.4, -0.2) is 25.3 Å². The molecular weight excluding hydrogens is 232 g/mol. The Balaban J connectivity index is 2.91. The SMILES string of the molecule is CCc1cc(OC)c(CCCC(=O)O)cc1OC. The van der Waals surface area contributed by atoms with Gasteiger partial charge < -0.3 is 14.6 Å². The minimum atomic E-state index is -0.772. The van der Waals surface area contributed by atoms with Crippen molar-refractivity contribution in [2.45, 2.75) is 32.6 Å². The van der Waals surface area contributed by atoms with E-state index in [2.05, 4.69) is 6.92 Å². The first-order chi connectivity index (χ1) is 8.62. The number of rotatable bonds is 7. The van der Waals surface area contributed by atoms with E-state index in [1.54, 1.807) is 14.2 Å². The molecule has 0 fully saturated rings. The minimum Gasteiger partial charge on any atom is -0.496 e. The van der Waals surface area contributed by atoms with Crippen LogP contribution in [-0.2, 0) is 17.6 Å². The summed E-state index contributed by atoms with van der Waals surface area (Å²) < 4.78 is 10.7. The summed E-state index contributed by atoms with van der Waals surface area (Å²) in [5.74, 6) is 0.868. The molecular formula is C14H20O4. The quantitative estimate of drug-likeness (QED) is 0.810. The predicted molar refractivity (Wildman–Crippen MR) is 69.5 cm³/mol. The van der Waals surface area contributed by atoms with E-state index in [0.29, 0.717) is 12.8 Å². The third-order valence-electron chi connectivity index (χ3n) is 2.90. The number of benzene rings is 1. The molecule has 0 aliphatic carbocycles. The molecule has 100 valence electrons. The monoisotopic (exact) mass is 252 g/mol. The van der Waals surface area contributed by atoms with Crippen LogP contribution in [0, 0.1) is 0 Å². The highest BCUT2D eigenvalue weighted by Crippen LogP contribution is 2.30. The van der Waals surface area contributed by atoms with Gasteiger partial charge >= 0.3 is 5.97 Å². The second-order valence-corrected chi connectivity index (χ2v) is 4.08. The number of carboxylic acid groups (broad SMARTS) is 1. The first-order valence-corrected chi connectivity index (χ1v) is 6.07. The van der Waals surface area contributed by atoms with E-state index in [1.165, 1.54) is 0 Å². The lowest BCUT2D eigenvalue weighted by molar-refractivity contribution is -0.137. The van der Waals surface area contributed by atoms with Crippen LogP contribution in [0.2, 0.25) is 0 Å². The molecule has 0 saturated heterocycles. The summed E-state index contributed by atoms with van der Waals surface area (Å²) >= 11 is 0. The number of hydrogen-bond donors (Lipinski definition) is 1. The third kappa shape index (κ3) is 3.65. The fraction of sp³-hybridized carbons (Fsp3) is 0.500. The van der Waals surface area contributed by atoms with Gasteiger partial charge in [0.2, 0.25) is 0 Å². The maximum atomic E-state index is 10.5. The number of aliphatic carboxylic acids is 1. The normalized spacial score (nSPS) is 10.2. The van der Waals surface area contributed by atoms with Crippen LogP contribution < -0.4 is 9.47 Å². The zero-order valence-electron chi connectivity index (χ0n) is 11.2. The fourth-order valence-electron chi connectivity index (χ4n) is 1.93. The molecule has 4 nitrogen and oxygen atoms in total. The summed E-state index contributed by atoms with van der Waals surface area (Å²) in [5.41, 5.74) is 2.09. The van der Waals surface area contributed by atoms with E-state index in [1.807, 2.05) is 12.1 Å². The van der Waals surface area contributed by atoms with Crippen LogP contribution in [0.3, 0.4) is 0 Å². The van der Waals surface area contributed by atoms with Gasteiger partial charge in [0.05, 0.1) is 14.2 Å². The Kier molecular flexibility index (Phi) is 5.49. The number of hydrogen-bond acceptors (Lipinski definition) is 3. The lowest BCUT2D eigenvalue weighted by atomic mass is 10.0. The lowest BCUT2D eigenvalue weighted by Gasteiger charge is -2.13. The Labute approximate surface area is 108 Å². The molecule has 0 spiro atoms. The van der Waals surface area contributed by atoms with Crippen molar-refractivity contribution < 1.29 is 19.4 Å². The van der Waals surface area contributed by atoms with Gasteiger partial charge in [0.25, 0.3) is 0 Å². The van der Waals surface area contributed by atoms with Crippen LogP contribution in [0.25, 0.3) is 0 Å². The van der Waals surface area contributed by atoms with Gasteiger partial charge in [-0.05, 0) is 42.5 Å². The van der Waals surface area contributed by atoms with Crippen LogP contribution in [0.5, 0.6) is 11.5 Å². The standard InChI is InChI=1S/C14H20O4/c1-4-10-8-13(18-3)11(9-12(10)17-2)6-5-7-14(15)16/h8-9H,4-7H2,1-3H3,(H,15,16). The Hall–Kier alpha value is -1.71. The third-order valence-corrected chi connectivity index (χ3v) is 2.90. The maximum absolute atomic E-state index is 10.5. The number of ether oxygens (including phenoxy) is 2. The van der Waals surface area contributed by atoms with E-state index < -0.39 is 5.97 Å². The molecule has 0 saturated carbocycles. The van der Waals surface area contributed by atoms with Gasteiger partial charge in [0.1, 0.15) is 11.5 Å². The molecule has 0 aliphatic heterocycles. The zero-order chi connectivity index (χ0) is 13.5. The van der Waals surface area contributed by atoms with Crippen LogP contribution in [0.15, 0.2) is 12.1 Å². The van der Waals surface area contributed by atoms with Gasteiger partial charge in [-0.15, -0.1) is 0 Å². The van der Waals surface area contributed by atoms with Crippen molar-refractivity contribution >= 4 is 5.97 Å². The molecule has 1 aromatic rings. The smallest absolute Gasteiger partial charge is 0.303 e. The average Bonchev–Trinajstić information content (AvgIpc) is 2.37. The van der Waals surface area contributed by atoms with Gasteiger partial charge in [-0.3, -0.25) is 4.79 Å². The van der Waals surface area contributed by atoms with Crippen molar-refractivity contribution in [3.63, 3.8) is 0 Å². The summed E-state index contributed by atoms with van der Waals surface area (Å²) in [6, 6.07) is 3.91. The number of aryl methyl sites for hydroxylation is 2. The van der Waals surface area contributed by atoms with Crippen molar-refractivity contribution in [2.75, 3.05) is 14.2 Å². The van der Waals surface area contributed by atoms with Gasteiger partial charge in [-0.25, -0.2) is 0 Å². The Morgan fingerprint density at radius 1 is 1.17 bits per heavy atom. The van der Waals surface area contributed by atoms with E-state index in [9.17, 15) is 4.79 Å². The Bertz CT molecular complexity index is 413. The Morgan fingerprint density at radius 2 is 1.72 bits per heavy atom. The summed E-state index contributed by atoms with van der Waals surface area (Å²) in [6.45, 7) is 2.06. The molecule has 4 heteroatoms. The van der Waals surface area contributed by atoms with E-state index in [0.717, 1.165) is 29.0 Å². The zero-order valence-corrected chi connectivity index (χ0v) is 11.2. The number of methoxy groups -OCH3 is 2. The van der Waals surface area contributed by atoms with Crippen molar-refractivity contribution in [1.82, 2.24) is 0 Å². The second kappa shape index (κ2) is 6.89. The second-order valence-electron chi connectivity index (χ2n) is 4.08. The van der Waals surface area contributed by atoms with Crippen molar-refractivity contribution in [3.8, 4) is 11.5 Å². The summed E-state index contributed by atoms with van der Waals surface area (Å²) in [5, 5.41) is 8.64. The molecule has 0 heterocycles. The van der Waals surface area contributed by atoms with Gasteiger partial charge in [-0.2, -0.15) is 0 Å². The predicted octanol–water partition coefficient (Wildman–Crippen LogP) is 2.67. The van der Waals surface area contributed by atoms with Gasteiger partial charge in [0, 0.05) is 6.42 Å². The summed E-state index contributed by atoms with van der Waals surface area (Å²) in [6.07, 6.45) is 2.31. The molecule has 1 aromatic carbocycles. The van der Waals surface area contributed by atoms with Crippen LogP contribution in [0.4, 0.5) is 0 Å². The van der Waals surface area contributed by atoms with Crippen molar-refractivity contribution in [1.29, 1.82) is 0 Å². The highest BCUT2D eigenvalue weighted by Gasteiger charge is 2.10. The van der Waals surface area contributed by atoms with Crippen molar-refractivity contribution in [2.24, 2.45) is 0 Å². The molecule has 0 aromatic heterocycles. The molecule has 18 heavy (non-hydrogen) atoms. The Morgan fingerprint density at radius 3 is 2.22 bits per heavy atom.